The van der Waals surface area contributed by atoms with Crippen LogP contribution in [0.2, 0.25) is 0 Å². The first kappa shape index (κ1) is 17.8. The molecule has 1 heterocycles. The van der Waals surface area contributed by atoms with Crippen molar-refractivity contribution in [3.05, 3.63) is 0 Å². The Labute approximate surface area is 126 Å². The Kier molecular flexibility index (Phi) is 7.50. The first-order valence-electron chi connectivity index (χ1n) is 7.83. The molecule has 21 heavy (non-hydrogen) atoms. The number of nitrogens with one attached hydrogen (secondary N) is 1. The summed E-state index contributed by atoms with van der Waals surface area (Å²) in [6.45, 7) is 6.71. The van der Waals surface area contributed by atoms with Gasteiger partial charge in [0.1, 0.15) is 0 Å². The number of hydrogen-bond donors (Lipinski definition) is 2. The van der Waals surface area contributed by atoms with Gasteiger partial charge in [-0.3, -0.25) is 4.79 Å². The van der Waals surface area contributed by atoms with Crippen molar-refractivity contribution in [3.63, 3.8) is 0 Å². The minimum Gasteiger partial charge on any atom is -0.481 e. The molecule has 1 atom stereocenters. The van der Waals surface area contributed by atoms with Crippen LogP contribution in [0, 0.1) is 5.41 Å². The SMILES string of the molecule is CCCCOCCCNC(=O)N1CCCC(C)(C(=O)O)C1. The molecule has 2 amide bonds. The van der Waals surface area contributed by atoms with E-state index in [0.717, 1.165) is 32.3 Å². The van der Waals surface area contributed by atoms with Gasteiger partial charge in [-0.05, 0) is 32.6 Å². The summed E-state index contributed by atoms with van der Waals surface area (Å²) in [7, 11) is 0. The van der Waals surface area contributed by atoms with Gasteiger partial charge in [-0.2, -0.15) is 0 Å². The Morgan fingerprint density at radius 3 is 2.71 bits per heavy atom. The van der Waals surface area contributed by atoms with E-state index in [9.17, 15) is 14.7 Å². The average Bonchev–Trinajstić information content (AvgIpc) is 2.46. The van der Waals surface area contributed by atoms with Gasteiger partial charge in [0.05, 0.1) is 5.41 Å². The van der Waals surface area contributed by atoms with Crippen molar-refractivity contribution < 1.29 is 19.4 Å². The molecular formula is C15H28N2O4. The van der Waals surface area contributed by atoms with E-state index in [0.29, 0.717) is 26.1 Å². The van der Waals surface area contributed by atoms with Crippen LogP contribution in [0.15, 0.2) is 0 Å². The molecule has 1 rings (SSSR count). The summed E-state index contributed by atoms with van der Waals surface area (Å²) in [5, 5.41) is 12.1. The van der Waals surface area contributed by atoms with Gasteiger partial charge in [-0.25, -0.2) is 4.79 Å². The molecule has 0 aromatic carbocycles. The first-order valence-corrected chi connectivity index (χ1v) is 7.83. The third kappa shape index (κ3) is 5.91. The number of nitrogens with zero attached hydrogens (tertiary/aromatic N) is 1. The van der Waals surface area contributed by atoms with Crippen molar-refractivity contribution in [1.82, 2.24) is 10.2 Å². The minimum atomic E-state index is -0.829. The maximum atomic E-state index is 12.0. The van der Waals surface area contributed by atoms with E-state index in [1.807, 2.05) is 0 Å². The van der Waals surface area contributed by atoms with E-state index < -0.39 is 11.4 Å². The molecule has 1 aliphatic heterocycles. The van der Waals surface area contributed by atoms with Crippen LogP contribution in [-0.4, -0.2) is 54.9 Å². The van der Waals surface area contributed by atoms with E-state index in [2.05, 4.69) is 12.2 Å². The van der Waals surface area contributed by atoms with Gasteiger partial charge in [0.2, 0.25) is 0 Å². The maximum absolute atomic E-state index is 12.0. The maximum Gasteiger partial charge on any atom is 0.317 e. The Bertz CT molecular complexity index is 349. The molecule has 0 bridgehead atoms. The molecule has 1 aliphatic rings. The molecular weight excluding hydrogens is 272 g/mol. The van der Waals surface area contributed by atoms with Gasteiger partial charge in [0.25, 0.3) is 0 Å². The fourth-order valence-corrected chi connectivity index (χ4v) is 2.42. The summed E-state index contributed by atoms with van der Waals surface area (Å²) < 4.78 is 5.42. The van der Waals surface area contributed by atoms with E-state index in [4.69, 9.17) is 4.74 Å². The van der Waals surface area contributed by atoms with Crippen LogP contribution in [0.5, 0.6) is 0 Å². The van der Waals surface area contributed by atoms with E-state index in [1.165, 1.54) is 0 Å². The molecule has 1 saturated heterocycles. The minimum absolute atomic E-state index is 0.171. The Morgan fingerprint density at radius 2 is 2.05 bits per heavy atom. The standard InChI is InChI=1S/C15H28N2O4/c1-3-4-10-21-11-6-8-16-14(20)17-9-5-7-15(2,12-17)13(18)19/h3-12H2,1-2H3,(H,16,20)(H,18,19). The second kappa shape index (κ2) is 8.87. The van der Waals surface area contributed by atoms with E-state index in [-0.39, 0.29) is 12.6 Å². The summed E-state index contributed by atoms with van der Waals surface area (Å²) in [5.74, 6) is -0.829. The molecule has 6 nitrogen and oxygen atoms in total. The number of hydrogen-bond acceptors (Lipinski definition) is 3. The molecule has 0 aliphatic carbocycles. The fraction of sp³-hybridized carbons (Fsp3) is 0.867. The van der Waals surface area contributed by atoms with Crippen LogP contribution in [0.25, 0.3) is 0 Å². The summed E-state index contributed by atoms with van der Waals surface area (Å²) >= 11 is 0. The first-order chi connectivity index (χ1) is 9.99. The normalized spacial score (nSPS) is 22.1. The van der Waals surface area contributed by atoms with Crippen LogP contribution < -0.4 is 5.32 Å². The van der Waals surface area contributed by atoms with Gasteiger partial charge in [-0.1, -0.05) is 13.3 Å². The molecule has 122 valence electrons. The summed E-state index contributed by atoms with van der Waals surface area (Å²) in [6.07, 6.45) is 4.31. The van der Waals surface area contributed by atoms with Gasteiger partial charge in [0, 0.05) is 32.8 Å². The lowest BCUT2D eigenvalue weighted by molar-refractivity contribution is -0.150. The molecule has 1 fully saturated rings. The predicted molar refractivity (Wildman–Crippen MR) is 80.3 cm³/mol. The van der Waals surface area contributed by atoms with Crippen molar-refractivity contribution in [2.45, 2.75) is 46.0 Å². The van der Waals surface area contributed by atoms with Crippen LogP contribution in [0.4, 0.5) is 4.79 Å². The van der Waals surface area contributed by atoms with Crippen LogP contribution in [0.1, 0.15) is 46.0 Å². The second-order valence-electron chi connectivity index (χ2n) is 5.94. The number of amides is 2. The van der Waals surface area contributed by atoms with Crippen LogP contribution >= 0.6 is 0 Å². The van der Waals surface area contributed by atoms with Crippen molar-refractivity contribution in [1.29, 1.82) is 0 Å². The highest BCUT2D eigenvalue weighted by atomic mass is 16.5. The molecule has 1 unspecified atom stereocenters. The van der Waals surface area contributed by atoms with Crippen LogP contribution in [-0.2, 0) is 9.53 Å². The number of piperidine rings is 1. The quantitative estimate of drug-likeness (QED) is 0.673. The fourth-order valence-electron chi connectivity index (χ4n) is 2.42. The molecule has 0 radical (unpaired) electrons. The number of rotatable bonds is 8. The Balaban J connectivity index is 2.21. The number of urea groups is 1. The number of carboxylic acid groups (broad SMARTS) is 1. The summed E-state index contributed by atoms with van der Waals surface area (Å²) in [4.78, 5) is 24.9. The van der Waals surface area contributed by atoms with Crippen LogP contribution in [0.3, 0.4) is 0 Å². The highest BCUT2D eigenvalue weighted by Gasteiger charge is 2.39. The van der Waals surface area contributed by atoms with Gasteiger partial charge >= 0.3 is 12.0 Å². The lowest BCUT2D eigenvalue weighted by atomic mass is 9.82. The summed E-state index contributed by atoms with van der Waals surface area (Å²) in [5.41, 5.74) is -0.821. The number of carboxylic acids is 1. The lowest BCUT2D eigenvalue weighted by Gasteiger charge is -2.37. The van der Waals surface area contributed by atoms with Crippen molar-refractivity contribution in [2.24, 2.45) is 5.41 Å². The van der Waals surface area contributed by atoms with Crippen molar-refractivity contribution in [3.8, 4) is 0 Å². The van der Waals surface area contributed by atoms with Gasteiger partial charge in [0.15, 0.2) is 0 Å². The largest absolute Gasteiger partial charge is 0.481 e. The molecule has 0 spiro atoms. The Hall–Kier alpha value is -1.30. The highest BCUT2D eigenvalue weighted by Crippen LogP contribution is 2.29. The highest BCUT2D eigenvalue weighted by molar-refractivity contribution is 5.78. The summed E-state index contributed by atoms with van der Waals surface area (Å²) in [6, 6.07) is -0.171. The number of likely N-dealkylation sites (tertiary alicyclic amines) is 1. The Morgan fingerprint density at radius 1 is 1.33 bits per heavy atom. The third-order valence-corrected chi connectivity index (χ3v) is 3.88. The van der Waals surface area contributed by atoms with E-state index >= 15 is 0 Å². The number of unbranched alkanes of at least 4 members (excludes halogenated alkanes) is 1. The predicted octanol–water partition coefficient (Wildman–Crippen LogP) is 2.09. The lowest BCUT2D eigenvalue weighted by Crippen LogP contribution is -2.51. The number of carbonyl (C=O) groups is 2. The number of ether oxygens (including phenoxy) is 1. The molecule has 6 heteroatoms. The molecule has 0 aromatic rings. The number of aliphatic carboxylic acids is 1. The topological polar surface area (TPSA) is 78.9 Å². The number of carbonyl (C=O) groups excluding carboxylic acids is 1. The monoisotopic (exact) mass is 300 g/mol. The smallest absolute Gasteiger partial charge is 0.317 e. The zero-order chi connectivity index (χ0) is 15.7. The molecule has 0 aromatic heterocycles. The van der Waals surface area contributed by atoms with E-state index in [1.54, 1.807) is 11.8 Å². The average molecular weight is 300 g/mol. The molecule has 2 N–H and O–H groups in total. The van der Waals surface area contributed by atoms with Gasteiger partial charge in [-0.15, -0.1) is 0 Å². The van der Waals surface area contributed by atoms with Crippen molar-refractivity contribution in [2.75, 3.05) is 32.8 Å². The second-order valence-corrected chi connectivity index (χ2v) is 5.94. The third-order valence-electron chi connectivity index (χ3n) is 3.88. The zero-order valence-corrected chi connectivity index (χ0v) is 13.2. The zero-order valence-electron chi connectivity index (χ0n) is 13.2. The van der Waals surface area contributed by atoms with Gasteiger partial charge < -0.3 is 20.1 Å². The van der Waals surface area contributed by atoms with Crippen molar-refractivity contribution >= 4 is 12.0 Å². The molecule has 0 saturated carbocycles.